The lowest BCUT2D eigenvalue weighted by Gasteiger charge is -2.35. The molecule has 3 rings (SSSR count). The van der Waals surface area contributed by atoms with E-state index in [0.717, 1.165) is 0 Å². The lowest BCUT2D eigenvalue weighted by atomic mass is 10.2. The molecule has 6 nitrogen and oxygen atoms in total. The van der Waals surface area contributed by atoms with Gasteiger partial charge in [0.25, 0.3) is 0 Å². The fourth-order valence-corrected chi connectivity index (χ4v) is 2.95. The third kappa shape index (κ3) is 4.12. The zero-order chi connectivity index (χ0) is 21.1. The van der Waals surface area contributed by atoms with Crippen LogP contribution in [0.25, 0.3) is 0 Å². The highest BCUT2D eigenvalue weighted by Gasteiger charge is 2.28. The Morgan fingerprint density at radius 1 is 1.03 bits per heavy atom. The Labute approximate surface area is 162 Å². The van der Waals surface area contributed by atoms with Crippen LogP contribution >= 0.6 is 0 Å². The average molecular weight is 411 g/mol. The molecule has 0 unspecified atom stereocenters. The van der Waals surface area contributed by atoms with Crippen molar-refractivity contribution in [3.63, 3.8) is 0 Å². The molecule has 0 aliphatic carbocycles. The molecule has 0 spiro atoms. The van der Waals surface area contributed by atoms with Gasteiger partial charge in [0.05, 0.1) is 12.1 Å². The second-order valence-electron chi connectivity index (χ2n) is 6.24. The van der Waals surface area contributed by atoms with Gasteiger partial charge in [0, 0.05) is 32.4 Å². The van der Waals surface area contributed by atoms with E-state index in [9.17, 15) is 26.7 Å². The summed E-state index contributed by atoms with van der Waals surface area (Å²) in [6.45, 7) is 1.29. The normalized spacial score (nSPS) is 14.6. The summed E-state index contributed by atoms with van der Waals surface area (Å²) in [5, 5.41) is 10.9. The number of anilines is 2. The lowest BCUT2D eigenvalue weighted by molar-refractivity contribution is -0.117. The van der Waals surface area contributed by atoms with Gasteiger partial charge in [0.15, 0.2) is 23.3 Å². The number of nitriles is 1. The first-order valence-corrected chi connectivity index (χ1v) is 8.47. The number of nitrogens with one attached hydrogen (secondary N) is 1. The van der Waals surface area contributed by atoms with Gasteiger partial charge in [0.2, 0.25) is 11.7 Å². The Bertz CT molecular complexity index is 956. The molecular weight excluding hydrogens is 397 g/mol. The largest absolute Gasteiger partial charge is 0.353 e. The number of amides is 1. The molecule has 152 valence electrons. The molecule has 1 aliphatic rings. The summed E-state index contributed by atoms with van der Waals surface area (Å²) in [5.74, 6) is -11.1. The third-order valence-corrected chi connectivity index (χ3v) is 4.42. The van der Waals surface area contributed by atoms with Gasteiger partial charge in [-0.2, -0.15) is 5.26 Å². The van der Waals surface area contributed by atoms with Gasteiger partial charge in [-0.05, 0) is 12.1 Å². The minimum absolute atomic E-state index is 0.305. The quantitative estimate of drug-likeness (QED) is 0.475. The molecule has 2 heterocycles. The molecule has 11 heteroatoms. The minimum atomic E-state index is -2.29. The third-order valence-electron chi connectivity index (χ3n) is 4.42. The van der Waals surface area contributed by atoms with Crippen LogP contribution in [0.5, 0.6) is 0 Å². The van der Waals surface area contributed by atoms with Crippen molar-refractivity contribution < 1.29 is 26.7 Å². The molecule has 1 N–H and O–H groups in total. The maximum atomic E-state index is 13.7. The highest BCUT2D eigenvalue weighted by Crippen LogP contribution is 2.27. The number of benzene rings is 1. The van der Waals surface area contributed by atoms with Crippen molar-refractivity contribution in [1.29, 1.82) is 5.26 Å². The van der Waals surface area contributed by atoms with Gasteiger partial charge in [-0.1, -0.05) is 0 Å². The molecule has 1 amide bonds. The molecule has 0 radical (unpaired) electrons. The molecule has 2 aromatic rings. The highest BCUT2D eigenvalue weighted by molar-refractivity contribution is 5.92. The molecule has 1 aromatic carbocycles. The maximum absolute atomic E-state index is 13.7. The number of carbonyl (C=O) groups excluding carboxylic acids is 1. The highest BCUT2D eigenvalue weighted by atomic mass is 19.2. The maximum Gasteiger partial charge on any atom is 0.238 e. The van der Waals surface area contributed by atoms with E-state index >= 15 is 0 Å². The van der Waals surface area contributed by atoms with Gasteiger partial charge in [-0.25, -0.2) is 26.9 Å². The van der Waals surface area contributed by atoms with Crippen LogP contribution in [0.3, 0.4) is 0 Å². The van der Waals surface area contributed by atoms with E-state index in [2.05, 4.69) is 4.98 Å². The predicted molar refractivity (Wildman–Crippen MR) is 92.5 cm³/mol. The van der Waals surface area contributed by atoms with E-state index in [4.69, 9.17) is 5.26 Å². The topological polar surface area (TPSA) is 72.3 Å². The van der Waals surface area contributed by atoms with Crippen molar-refractivity contribution in [2.24, 2.45) is 0 Å². The van der Waals surface area contributed by atoms with Crippen molar-refractivity contribution in [2.45, 2.75) is 0 Å². The average Bonchev–Trinajstić information content (AvgIpc) is 2.74. The Morgan fingerprint density at radius 2 is 1.62 bits per heavy atom. The van der Waals surface area contributed by atoms with Gasteiger partial charge in [-0.3, -0.25) is 9.69 Å². The van der Waals surface area contributed by atoms with Crippen molar-refractivity contribution in [3.8, 4) is 6.07 Å². The van der Waals surface area contributed by atoms with E-state index in [1.54, 1.807) is 28.5 Å². The van der Waals surface area contributed by atoms with Crippen molar-refractivity contribution in [1.82, 2.24) is 9.88 Å². The first-order valence-electron chi connectivity index (χ1n) is 8.47. The summed E-state index contributed by atoms with van der Waals surface area (Å²) in [4.78, 5) is 19.7. The fourth-order valence-electron chi connectivity index (χ4n) is 2.95. The van der Waals surface area contributed by atoms with Crippen LogP contribution < -0.4 is 10.2 Å². The SMILES string of the molecule is N#Cc1cccnc1N1CCN(CC(=O)Nc2c(F)c(F)c(F)c(F)c2F)CC1. The number of hydrogen-bond donors (Lipinski definition) is 1. The van der Waals surface area contributed by atoms with Crippen LogP contribution in [-0.2, 0) is 4.79 Å². The van der Waals surface area contributed by atoms with E-state index in [1.807, 2.05) is 11.0 Å². The summed E-state index contributed by atoms with van der Waals surface area (Å²) < 4.78 is 66.8. The number of hydrogen-bond acceptors (Lipinski definition) is 5. The lowest BCUT2D eigenvalue weighted by Crippen LogP contribution is -2.49. The summed E-state index contributed by atoms with van der Waals surface area (Å²) in [5.41, 5.74) is -0.970. The summed E-state index contributed by atoms with van der Waals surface area (Å²) in [7, 11) is 0. The van der Waals surface area contributed by atoms with Gasteiger partial charge >= 0.3 is 0 Å². The summed E-state index contributed by atoms with van der Waals surface area (Å²) >= 11 is 0. The standard InChI is InChI=1S/C18H14F5N5O/c19-12-13(20)15(22)17(16(23)14(12)21)26-11(29)9-27-4-6-28(7-5-27)18-10(8-24)2-1-3-25-18/h1-3H,4-7,9H2,(H,26,29). The zero-order valence-electron chi connectivity index (χ0n) is 14.9. The monoisotopic (exact) mass is 411 g/mol. The van der Waals surface area contributed by atoms with E-state index in [1.165, 1.54) is 0 Å². The molecule has 29 heavy (non-hydrogen) atoms. The Morgan fingerprint density at radius 3 is 2.21 bits per heavy atom. The number of nitrogens with zero attached hydrogens (tertiary/aromatic N) is 4. The minimum Gasteiger partial charge on any atom is -0.353 e. The number of piperazine rings is 1. The predicted octanol–water partition coefficient (Wildman–Crippen LogP) is 2.41. The zero-order valence-corrected chi connectivity index (χ0v) is 14.9. The second kappa shape index (κ2) is 8.40. The smallest absolute Gasteiger partial charge is 0.238 e. The number of aromatic nitrogens is 1. The van der Waals surface area contributed by atoms with Gasteiger partial charge in [-0.15, -0.1) is 0 Å². The fraction of sp³-hybridized carbons (Fsp3) is 0.278. The molecular formula is C18H14F5N5O. The van der Waals surface area contributed by atoms with Gasteiger partial charge in [0.1, 0.15) is 17.6 Å². The number of carbonyl (C=O) groups is 1. The molecule has 1 saturated heterocycles. The molecule has 0 saturated carbocycles. The summed E-state index contributed by atoms with van der Waals surface area (Å²) in [6.07, 6.45) is 1.56. The summed E-state index contributed by atoms with van der Waals surface area (Å²) in [6, 6.07) is 5.32. The number of halogens is 5. The van der Waals surface area contributed by atoms with Crippen LogP contribution in [-0.4, -0.2) is 48.5 Å². The Kier molecular flexibility index (Phi) is 5.93. The molecule has 1 aliphatic heterocycles. The van der Waals surface area contributed by atoms with Crippen LogP contribution in [0.2, 0.25) is 0 Å². The van der Waals surface area contributed by atoms with E-state index in [0.29, 0.717) is 37.6 Å². The number of rotatable bonds is 4. The van der Waals surface area contributed by atoms with Crippen molar-refractivity contribution in [3.05, 3.63) is 53.0 Å². The van der Waals surface area contributed by atoms with Gasteiger partial charge < -0.3 is 10.2 Å². The first-order chi connectivity index (χ1) is 13.8. The van der Waals surface area contributed by atoms with E-state index in [-0.39, 0.29) is 6.54 Å². The van der Waals surface area contributed by atoms with Crippen LogP contribution in [0.1, 0.15) is 5.56 Å². The first kappa shape index (κ1) is 20.5. The molecule has 0 atom stereocenters. The Balaban J connectivity index is 1.62. The van der Waals surface area contributed by atoms with Crippen LogP contribution in [0.4, 0.5) is 33.5 Å². The van der Waals surface area contributed by atoms with Crippen molar-refractivity contribution >= 4 is 17.4 Å². The molecule has 1 fully saturated rings. The van der Waals surface area contributed by atoms with Crippen molar-refractivity contribution in [2.75, 3.05) is 42.9 Å². The second-order valence-corrected chi connectivity index (χ2v) is 6.24. The van der Waals surface area contributed by atoms with E-state index < -0.39 is 40.7 Å². The van der Waals surface area contributed by atoms with Crippen LogP contribution in [0.15, 0.2) is 18.3 Å². The van der Waals surface area contributed by atoms with Crippen LogP contribution in [0, 0.1) is 40.4 Å². The molecule has 0 bridgehead atoms. The molecule has 1 aromatic heterocycles. The Hall–Kier alpha value is -3.26. The number of pyridine rings is 1.